The van der Waals surface area contributed by atoms with Gasteiger partial charge in [0.05, 0.1) is 16.5 Å². The zero-order valence-corrected chi connectivity index (χ0v) is 23.1. The van der Waals surface area contributed by atoms with Gasteiger partial charge in [-0.3, -0.25) is 4.79 Å². The number of piperidine rings is 1. The van der Waals surface area contributed by atoms with Crippen LogP contribution in [0.4, 0.5) is 4.79 Å². The second kappa shape index (κ2) is 9.90. The molecule has 0 spiro atoms. The SMILES string of the molecule is C[C@@H](NC(=O)OC(C)(C)C)C(=O)N1CCC[C@@H](S(=O)(=O)c2ncc(B3OC(C)(C)C(C)(C)O3)cn2)C1. The van der Waals surface area contributed by atoms with Crippen LogP contribution in [0, 0.1) is 0 Å². The van der Waals surface area contributed by atoms with Gasteiger partial charge in [-0.05, 0) is 68.2 Å². The predicted molar refractivity (Wildman–Crippen MR) is 133 cm³/mol. The number of likely N-dealkylation sites (tertiary alicyclic amines) is 1. The van der Waals surface area contributed by atoms with E-state index >= 15 is 0 Å². The van der Waals surface area contributed by atoms with E-state index in [2.05, 4.69) is 15.3 Å². The summed E-state index contributed by atoms with van der Waals surface area (Å²) in [4.78, 5) is 34.6. The quantitative estimate of drug-likeness (QED) is 0.448. The molecule has 3 rings (SSSR count). The molecule has 2 aliphatic rings. The Balaban J connectivity index is 1.66. The van der Waals surface area contributed by atoms with Crippen LogP contribution in [0.2, 0.25) is 0 Å². The van der Waals surface area contributed by atoms with Crippen molar-refractivity contribution in [2.24, 2.45) is 0 Å². The molecule has 1 aromatic rings. The average Bonchev–Trinajstić information content (AvgIpc) is 2.99. The van der Waals surface area contributed by atoms with Gasteiger partial charge in [-0.1, -0.05) is 0 Å². The largest absolute Gasteiger partial charge is 0.498 e. The summed E-state index contributed by atoms with van der Waals surface area (Å²) in [5, 5.41) is 1.35. The lowest BCUT2D eigenvalue weighted by Gasteiger charge is -2.34. The van der Waals surface area contributed by atoms with Gasteiger partial charge in [0.15, 0.2) is 0 Å². The molecule has 0 bridgehead atoms. The van der Waals surface area contributed by atoms with E-state index in [0.29, 0.717) is 24.8 Å². The van der Waals surface area contributed by atoms with Crippen LogP contribution in [-0.2, 0) is 28.7 Å². The van der Waals surface area contributed by atoms with Crippen LogP contribution >= 0.6 is 0 Å². The summed E-state index contributed by atoms with van der Waals surface area (Å²) in [5.74, 6) is -0.377. The molecule has 36 heavy (non-hydrogen) atoms. The van der Waals surface area contributed by atoms with E-state index in [0.717, 1.165) is 0 Å². The molecule has 2 fully saturated rings. The third kappa shape index (κ3) is 6.17. The molecule has 0 saturated carbocycles. The standard InChI is InChI=1S/C23H37BN4O7S/c1-15(27-20(30)33-21(2,3)4)18(29)28-11-9-10-17(14-28)36(31,32)19-25-12-16(13-26-19)24-34-22(5,6)23(7,8)35-24/h12-13,15,17H,9-11,14H2,1-8H3,(H,27,30)/t15-,17-/m1/s1. The Morgan fingerprint density at radius 2 is 1.72 bits per heavy atom. The number of ether oxygens (including phenoxy) is 1. The van der Waals surface area contributed by atoms with E-state index in [1.807, 2.05) is 27.7 Å². The first-order valence-corrected chi connectivity index (χ1v) is 13.7. The minimum Gasteiger partial charge on any atom is -0.444 e. The second-order valence-corrected chi connectivity index (χ2v) is 13.5. The molecule has 13 heteroatoms. The van der Waals surface area contributed by atoms with E-state index in [-0.39, 0.29) is 17.6 Å². The molecule has 1 aromatic heterocycles. The highest BCUT2D eigenvalue weighted by molar-refractivity contribution is 7.91. The molecule has 2 amide bonds. The number of aromatic nitrogens is 2. The molecule has 0 aliphatic carbocycles. The minimum atomic E-state index is -3.90. The number of hydrogen-bond acceptors (Lipinski definition) is 9. The highest BCUT2D eigenvalue weighted by atomic mass is 32.2. The number of carbonyl (C=O) groups is 2. The Morgan fingerprint density at radius 3 is 2.25 bits per heavy atom. The van der Waals surface area contributed by atoms with E-state index in [1.54, 1.807) is 27.7 Å². The van der Waals surface area contributed by atoms with Crippen LogP contribution in [0.1, 0.15) is 68.2 Å². The average molecular weight is 524 g/mol. The molecular formula is C23H37BN4O7S. The van der Waals surface area contributed by atoms with Gasteiger partial charge in [-0.15, -0.1) is 0 Å². The minimum absolute atomic E-state index is 0.0101. The molecular weight excluding hydrogens is 487 g/mol. The molecule has 2 aliphatic heterocycles. The normalized spacial score (nSPS) is 22.7. The fraction of sp³-hybridized carbons (Fsp3) is 0.739. The number of sulfone groups is 1. The third-order valence-corrected chi connectivity index (χ3v) is 8.64. The van der Waals surface area contributed by atoms with Crippen molar-refractivity contribution in [1.82, 2.24) is 20.2 Å². The van der Waals surface area contributed by atoms with Crippen molar-refractivity contribution in [3.8, 4) is 0 Å². The van der Waals surface area contributed by atoms with Crippen molar-refractivity contribution in [2.75, 3.05) is 13.1 Å². The van der Waals surface area contributed by atoms with Crippen molar-refractivity contribution in [3.63, 3.8) is 0 Å². The highest BCUT2D eigenvalue weighted by Crippen LogP contribution is 2.36. The predicted octanol–water partition coefficient (Wildman–Crippen LogP) is 1.45. The Labute approximate surface area is 213 Å². The summed E-state index contributed by atoms with van der Waals surface area (Å²) < 4.78 is 43.7. The molecule has 1 N–H and O–H groups in total. The molecule has 11 nitrogen and oxygen atoms in total. The Bertz CT molecular complexity index is 1070. The zero-order chi connectivity index (χ0) is 27.1. The molecule has 3 heterocycles. The van der Waals surface area contributed by atoms with Gasteiger partial charge in [-0.25, -0.2) is 23.2 Å². The van der Waals surface area contributed by atoms with E-state index in [1.165, 1.54) is 17.3 Å². The fourth-order valence-corrected chi connectivity index (χ4v) is 5.49. The zero-order valence-electron chi connectivity index (χ0n) is 22.3. The number of alkyl carbamates (subject to hydrolysis) is 1. The summed E-state index contributed by atoms with van der Waals surface area (Å²) in [6.07, 6.45) is 2.98. The summed E-state index contributed by atoms with van der Waals surface area (Å²) in [6, 6.07) is -0.864. The number of carbonyl (C=O) groups excluding carboxylic acids is 2. The van der Waals surface area contributed by atoms with Gasteiger partial charge < -0.3 is 24.3 Å². The molecule has 0 unspecified atom stereocenters. The topological polar surface area (TPSA) is 137 Å². The first kappa shape index (κ1) is 28.3. The van der Waals surface area contributed by atoms with Gasteiger partial charge >= 0.3 is 13.2 Å². The number of rotatable bonds is 5. The van der Waals surface area contributed by atoms with Gasteiger partial charge in [0.1, 0.15) is 11.6 Å². The fourth-order valence-electron chi connectivity index (χ4n) is 3.93. The van der Waals surface area contributed by atoms with Crippen LogP contribution < -0.4 is 10.8 Å². The van der Waals surface area contributed by atoms with Crippen molar-refractivity contribution in [3.05, 3.63) is 12.4 Å². The maximum absolute atomic E-state index is 13.3. The lowest BCUT2D eigenvalue weighted by molar-refractivity contribution is -0.133. The molecule has 2 saturated heterocycles. The number of amides is 2. The van der Waals surface area contributed by atoms with Crippen LogP contribution in [0.5, 0.6) is 0 Å². The van der Waals surface area contributed by atoms with Crippen LogP contribution in [-0.4, -0.2) is 83.6 Å². The Morgan fingerprint density at radius 1 is 1.17 bits per heavy atom. The summed E-state index contributed by atoms with van der Waals surface area (Å²) in [6.45, 7) is 14.8. The van der Waals surface area contributed by atoms with Gasteiger partial charge in [-0.2, -0.15) is 0 Å². The van der Waals surface area contributed by atoms with E-state index < -0.39 is 51.1 Å². The van der Waals surface area contributed by atoms with Crippen molar-refractivity contribution in [2.45, 2.75) is 101 Å². The lowest BCUT2D eigenvalue weighted by atomic mass is 9.81. The molecule has 0 aromatic carbocycles. The third-order valence-electron chi connectivity index (χ3n) is 6.66. The summed E-state index contributed by atoms with van der Waals surface area (Å²) in [5.41, 5.74) is -1.27. The van der Waals surface area contributed by atoms with E-state index in [4.69, 9.17) is 14.0 Å². The van der Waals surface area contributed by atoms with E-state index in [9.17, 15) is 18.0 Å². The molecule has 200 valence electrons. The van der Waals surface area contributed by atoms with Crippen molar-refractivity contribution >= 4 is 34.4 Å². The smallest absolute Gasteiger partial charge is 0.444 e. The second-order valence-electron chi connectivity index (χ2n) is 11.3. The first-order valence-electron chi connectivity index (χ1n) is 12.1. The first-order chi connectivity index (χ1) is 16.4. The Hall–Kier alpha value is -2.25. The molecule has 2 atom stereocenters. The van der Waals surface area contributed by atoms with Gasteiger partial charge in [0.2, 0.25) is 20.9 Å². The lowest BCUT2D eigenvalue weighted by Crippen LogP contribution is -2.52. The van der Waals surface area contributed by atoms with Crippen molar-refractivity contribution in [1.29, 1.82) is 0 Å². The van der Waals surface area contributed by atoms with Gasteiger partial charge in [0, 0.05) is 30.9 Å². The van der Waals surface area contributed by atoms with Crippen molar-refractivity contribution < 1.29 is 32.1 Å². The number of hydrogen-bond donors (Lipinski definition) is 1. The van der Waals surface area contributed by atoms with Gasteiger partial charge in [0.25, 0.3) is 0 Å². The van der Waals surface area contributed by atoms with Crippen LogP contribution in [0.25, 0.3) is 0 Å². The van der Waals surface area contributed by atoms with Crippen LogP contribution in [0.3, 0.4) is 0 Å². The maximum Gasteiger partial charge on any atom is 0.498 e. The number of nitrogens with one attached hydrogen (secondary N) is 1. The maximum atomic E-state index is 13.3. The Kier molecular flexibility index (Phi) is 7.79. The summed E-state index contributed by atoms with van der Waals surface area (Å²) in [7, 11) is -4.60. The molecule has 0 radical (unpaired) electrons. The number of nitrogens with zero attached hydrogens (tertiary/aromatic N) is 3. The summed E-state index contributed by atoms with van der Waals surface area (Å²) >= 11 is 0. The monoisotopic (exact) mass is 524 g/mol. The highest BCUT2D eigenvalue weighted by Gasteiger charge is 2.52. The van der Waals surface area contributed by atoms with Crippen LogP contribution in [0.15, 0.2) is 17.6 Å².